The average molecular weight is 411 g/mol. The first-order valence-electron chi connectivity index (χ1n) is 9.25. The van der Waals surface area contributed by atoms with E-state index < -0.39 is 36.0 Å². The molecule has 0 aliphatic carbocycles. The van der Waals surface area contributed by atoms with Crippen LogP contribution in [0.5, 0.6) is 5.75 Å². The third-order valence-corrected chi connectivity index (χ3v) is 4.69. The predicted molar refractivity (Wildman–Crippen MR) is 105 cm³/mol. The number of nitrogens with zero attached hydrogens (tertiary/aromatic N) is 1. The molecule has 0 spiro atoms. The fourth-order valence-corrected chi connectivity index (χ4v) is 2.96. The van der Waals surface area contributed by atoms with Gasteiger partial charge in [-0.15, -0.1) is 0 Å². The highest BCUT2D eigenvalue weighted by Gasteiger charge is 2.48. The van der Waals surface area contributed by atoms with E-state index in [1.807, 2.05) is 30.3 Å². The number of nitrogens with one attached hydrogen (secondary N) is 2. The highest BCUT2D eigenvalue weighted by molar-refractivity contribution is 6.07. The monoisotopic (exact) mass is 411 g/mol. The van der Waals surface area contributed by atoms with E-state index in [2.05, 4.69) is 10.7 Å². The summed E-state index contributed by atoms with van der Waals surface area (Å²) in [6.45, 7) is 0.907. The number of rotatable bonds is 7. The molecule has 9 heteroatoms. The maximum Gasteiger partial charge on any atom is 0.344 e. The molecule has 30 heavy (non-hydrogen) atoms. The summed E-state index contributed by atoms with van der Waals surface area (Å²) in [5.74, 6) is -2.23. The number of benzene rings is 2. The van der Waals surface area contributed by atoms with E-state index in [0.717, 1.165) is 5.56 Å². The van der Waals surface area contributed by atoms with E-state index >= 15 is 0 Å². The summed E-state index contributed by atoms with van der Waals surface area (Å²) >= 11 is 0. The summed E-state index contributed by atoms with van der Waals surface area (Å²) in [5.41, 5.74) is 2.16. The Kier molecular flexibility index (Phi) is 6.01. The minimum atomic E-state index is -1.16. The van der Waals surface area contributed by atoms with Gasteiger partial charge >= 0.3 is 12.0 Å². The van der Waals surface area contributed by atoms with Crippen molar-refractivity contribution in [2.45, 2.75) is 25.3 Å². The first-order valence-corrected chi connectivity index (χ1v) is 9.25. The lowest BCUT2D eigenvalue weighted by atomic mass is 9.93. The van der Waals surface area contributed by atoms with Gasteiger partial charge in [0.05, 0.1) is 5.56 Å². The van der Waals surface area contributed by atoms with Gasteiger partial charge in [-0.1, -0.05) is 30.3 Å². The first kappa shape index (κ1) is 20.8. The molecule has 1 heterocycles. The molecule has 1 aliphatic heterocycles. The van der Waals surface area contributed by atoms with Crippen LogP contribution in [0.1, 0.15) is 29.3 Å². The fourth-order valence-electron chi connectivity index (χ4n) is 2.96. The second-order valence-corrected chi connectivity index (χ2v) is 7.05. The minimum Gasteiger partial charge on any atom is -0.508 e. The standard InChI is InChI=1S/C21H21N3O6/c1-21(12-11-14-5-3-2-4-6-14)19(28)24(20(29)22-21)23-17(26)13-30-18(27)15-7-9-16(25)10-8-15/h2-10,25H,11-13H2,1H3,(H,22,29)(H,23,26)/t21-/m0/s1. The van der Waals surface area contributed by atoms with Crippen LogP contribution in [0, 0.1) is 0 Å². The topological polar surface area (TPSA) is 125 Å². The molecule has 0 saturated carbocycles. The van der Waals surface area contributed by atoms with Gasteiger partial charge in [0.15, 0.2) is 6.61 Å². The van der Waals surface area contributed by atoms with Crippen LogP contribution in [0.15, 0.2) is 54.6 Å². The molecule has 2 aromatic rings. The number of phenolic OH excluding ortho intramolecular Hbond substituents is 1. The third-order valence-electron chi connectivity index (χ3n) is 4.69. The molecule has 156 valence electrons. The van der Waals surface area contributed by atoms with Crippen molar-refractivity contribution >= 4 is 23.8 Å². The Morgan fingerprint density at radius 1 is 1.10 bits per heavy atom. The largest absolute Gasteiger partial charge is 0.508 e. The number of ether oxygens (including phenoxy) is 1. The number of hydrazine groups is 1. The molecule has 1 saturated heterocycles. The van der Waals surface area contributed by atoms with E-state index in [1.54, 1.807) is 6.92 Å². The van der Waals surface area contributed by atoms with Gasteiger partial charge < -0.3 is 15.2 Å². The van der Waals surface area contributed by atoms with E-state index in [1.165, 1.54) is 24.3 Å². The van der Waals surface area contributed by atoms with Crippen molar-refractivity contribution in [2.24, 2.45) is 0 Å². The molecule has 0 unspecified atom stereocenters. The van der Waals surface area contributed by atoms with Crippen molar-refractivity contribution < 1.29 is 29.0 Å². The molecular formula is C21H21N3O6. The first-order chi connectivity index (χ1) is 14.3. The number of urea groups is 1. The zero-order chi connectivity index (χ0) is 21.7. The van der Waals surface area contributed by atoms with Gasteiger partial charge in [0, 0.05) is 0 Å². The molecular weight excluding hydrogens is 390 g/mol. The summed E-state index contributed by atoms with van der Waals surface area (Å²) < 4.78 is 4.87. The Morgan fingerprint density at radius 3 is 2.43 bits per heavy atom. The van der Waals surface area contributed by atoms with Gasteiger partial charge in [-0.25, -0.2) is 9.59 Å². The maximum absolute atomic E-state index is 12.7. The molecule has 2 aromatic carbocycles. The molecule has 1 aliphatic rings. The molecule has 9 nitrogen and oxygen atoms in total. The van der Waals surface area contributed by atoms with Crippen molar-refractivity contribution in [1.29, 1.82) is 0 Å². The van der Waals surface area contributed by atoms with Gasteiger partial charge in [0.25, 0.3) is 11.8 Å². The fraction of sp³-hybridized carbons (Fsp3) is 0.238. The number of carbonyl (C=O) groups is 4. The van der Waals surface area contributed by atoms with Crippen molar-refractivity contribution in [3.63, 3.8) is 0 Å². The number of amides is 4. The summed E-state index contributed by atoms with van der Waals surface area (Å²) in [7, 11) is 0. The Bertz CT molecular complexity index is 960. The highest BCUT2D eigenvalue weighted by atomic mass is 16.5. The number of imide groups is 1. The SMILES string of the molecule is C[C@@]1(CCc2ccccc2)NC(=O)N(NC(=O)COC(=O)c2ccc(O)cc2)C1=O. The second kappa shape index (κ2) is 8.64. The predicted octanol–water partition coefficient (Wildman–Crippen LogP) is 1.52. The number of hydrogen-bond donors (Lipinski definition) is 3. The van der Waals surface area contributed by atoms with Crippen LogP contribution < -0.4 is 10.7 Å². The van der Waals surface area contributed by atoms with Gasteiger partial charge in [-0.05, 0) is 49.6 Å². The number of esters is 1. The molecule has 0 aromatic heterocycles. The zero-order valence-electron chi connectivity index (χ0n) is 16.3. The Hall–Kier alpha value is -3.88. The summed E-state index contributed by atoms with van der Waals surface area (Å²) in [6.07, 6.45) is 0.916. The maximum atomic E-state index is 12.7. The van der Waals surface area contributed by atoms with Crippen molar-refractivity contribution in [1.82, 2.24) is 15.8 Å². The lowest BCUT2D eigenvalue weighted by molar-refractivity contribution is -0.140. The Balaban J connectivity index is 1.53. The lowest BCUT2D eigenvalue weighted by Crippen LogP contribution is -2.50. The molecule has 3 N–H and O–H groups in total. The number of aromatic hydroxyl groups is 1. The molecule has 0 bridgehead atoms. The highest BCUT2D eigenvalue weighted by Crippen LogP contribution is 2.22. The molecule has 4 amide bonds. The Labute approximate surface area is 172 Å². The van der Waals surface area contributed by atoms with Crippen LogP contribution in [-0.4, -0.2) is 46.1 Å². The quantitative estimate of drug-likeness (QED) is 0.469. The molecule has 1 atom stereocenters. The average Bonchev–Trinajstić information content (AvgIpc) is 2.95. The van der Waals surface area contributed by atoms with Crippen LogP contribution in [0.3, 0.4) is 0 Å². The molecule has 1 fully saturated rings. The van der Waals surface area contributed by atoms with Gasteiger partial charge in [-0.3, -0.25) is 15.0 Å². The van der Waals surface area contributed by atoms with Gasteiger partial charge in [0.2, 0.25) is 0 Å². The van der Waals surface area contributed by atoms with E-state index in [4.69, 9.17) is 4.74 Å². The molecule has 3 rings (SSSR count). The van der Waals surface area contributed by atoms with E-state index in [9.17, 15) is 24.3 Å². The lowest BCUT2D eigenvalue weighted by Gasteiger charge is -2.21. The smallest absolute Gasteiger partial charge is 0.344 e. The van der Waals surface area contributed by atoms with Gasteiger partial charge in [0.1, 0.15) is 11.3 Å². The van der Waals surface area contributed by atoms with Crippen LogP contribution in [0.25, 0.3) is 0 Å². The van der Waals surface area contributed by atoms with E-state index in [0.29, 0.717) is 17.9 Å². The normalized spacial score (nSPS) is 18.1. The van der Waals surface area contributed by atoms with Crippen LogP contribution in [0.2, 0.25) is 0 Å². The van der Waals surface area contributed by atoms with Crippen LogP contribution >= 0.6 is 0 Å². The third kappa shape index (κ3) is 4.75. The molecule has 0 radical (unpaired) electrons. The van der Waals surface area contributed by atoms with Crippen molar-refractivity contribution in [3.05, 3.63) is 65.7 Å². The van der Waals surface area contributed by atoms with Crippen LogP contribution in [0.4, 0.5) is 4.79 Å². The summed E-state index contributed by atoms with van der Waals surface area (Å²) in [4.78, 5) is 48.8. The van der Waals surface area contributed by atoms with Crippen molar-refractivity contribution in [3.8, 4) is 5.75 Å². The minimum absolute atomic E-state index is 0.0156. The summed E-state index contributed by atoms with van der Waals surface area (Å²) in [5, 5.41) is 12.4. The number of aryl methyl sites for hydroxylation is 1. The number of carbonyl (C=O) groups excluding carboxylic acids is 4. The summed E-state index contributed by atoms with van der Waals surface area (Å²) in [6, 6.07) is 14.0. The zero-order valence-corrected chi connectivity index (χ0v) is 16.3. The van der Waals surface area contributed by atoms with E-state index in [-0.39, 0.29) is 11.3 Å². The second-order valence-electron chi connectivity index (χ2n) is 7.05. The van der Waals surface area contributed by atoms with Gasteiger partial charge in [-0.2, -0.15) is 5.01 Å². The van der Waals surface area contributed by atoms with Crippen molar-refractivity contribution in [2.75, 3.05) is 6.61 Å². The number of hydrogen-bond acceptors (Lipinski definition) is 6. The van der Waals surface area contributed by atoms with Crippen LogP contribution in [-0.2, 0) is 20.7 Å². The Morgan fingerprint density at radius 2 is 1.77 bits per heavy atom. The number of phenols is 1.